The van der Waals surface area contributed by atoms with Crippen LogP contribution < -0.4 is 5.32 Å². The lowest BCUT2D eigenvalue weighted by Crippen LogP contribution is -2.16. The monoisotopic (exact) mass is 118 g/mol. The minimum Gasteiger partial charge on any atom is -0.317 e. The largest absolute Gasteiger partial charge is 0.317 e. The molecule has 0 heterocycles. The first kappa shape index (κ1) is 6.49. The predicted molar refractivity (Wildman–Crippen MR) is 31.3 cm³/mol. The number of amides is 1. The van der Waals surface area contributed by atoms with Crippen molar-refractivity contribution >= 4 is 25.1 Å². The Kier molecular flexibility index (Phi) is 3.40. The van der Waals surface area contributed by atoms with Crippen molar-refractivity contribution in [2.45, 2.75) is 6.92 Å². The topological polar surface area (TPSA) is 41.5 Å². The fourth-order valence-electron chi connectivity index (χ4n) is 0.114. The van der Waals surface area contributed by atoms with Gasteiger partial charge in [-0.3, -0.25) is 4.79 Å². The third-order valence-corrected chi connectivity index (χ3v) is 0.718. The van der Waals surface area contributed by atoms with Gasteiger partial charge in [0, 0.05) is 0 Å². The van der Waals surface area contributed by atoms with Crippen LogP contribution in [0.4, 0.5) is 0 Å². The second kappa shape index (κ2) is 3.67. The summed E-state index contributed by atoms with van der Waals surface area (Å²) in [5, 5.41) is 2.29. The van der Waals surface area contributed by atoms with Crippen LogP contribution in [-0.4, -0.2) is 12.2 Å². The second-order valence-corrected chi connectivity index (χ2v) is 1.15. The van der Waals surface area contributed by atoms with Gasteiger partial charge in [-0.25, -0.2) is 4.40 Å². The van der Waals surface area contributed by atoms with Crippen LogP contribution in [0.5, 0.6) is 0 Å². The molecule has 7 heavy (non-hydrogen) atoms. The minimum absolute atomic E-state index is 0.498. The molecule has 1 N–H and O–H groups in total. The van der Waals surface area contributed by atoms with Crippen LogP contribution in [0.15, 0.2) is 4.40 Å². The maximum absolute atomic E-state index is 9.55. The highest BCUT2D eigenvalue weighted by Gasteiger charge is 1.78. The molecule has 0 aromatic heterocycles. The third kappa shape index (κ3) is 3.32. The molecular formula is C3H6N2OS. The summed E-state index contributed by atoms with van der Waals surface area (Å²) in [5.74, 6) is 0.498. The zero-order valence-electron chi connectivity index (χ0n) is 3.88. The fourth-order valence-corrected chi connectivity index (χ4v) is 0.172. The molecule has 0 aromatic carbocycles. The number of carbonyl (C=O) groups excluding carboxylic acids is 1. The van der Waals surface area contributed by atoms with Crippen LogP contribution in [0, 0.1) is 0 Å². The summed E-state index contributed by atoms with van der Waals surface area (Å²) in [6, 6.07) is 0. The highest BCUT2D eigenvalue weighted by molar-refractivity contribution is 7.79. The summed E-state index contributed by atoms with van der Waals surface area (Å²) in [6.45, 7) is 1.64. The summed E-state index contributed by atoms with van der Waals surface area (Å²) >= 11 is 3.52. The number of rotatable bonds is 1. The first-order valence-electron chi connectivity index (χ1n) is 1.70. The van der Waals surface area contributed by atoms with Crippen molar-refractivity contribution in [3.63, 3.8) is 0 Å². The molecule has 0 aliphatic heterocycles. The lowest BCUT2D eigenvalue weighted by atomic mass is 10.7. The molecule has 4 heteroatoms. The SMILES string of the molecule is C/C(=N/S)NC=O. The molecule has 0 saturated heterocycles. The van der Waals surface area contributed by atoms with Gasteiger partial charge >= 0.3 is 0 Å². The van der Waals surface area contributed by atoms with E-state index < -0.39 is 0 Å². The van der Waals surface area contributed by atoms with E-state index in [4.69, 9.17) is 0 Å². The summed E-state index contributed by atoms with van der Waals surface area (Å²) in [5.41, 5.74) is 0. The number of amidine groups is 1. The van der Waals surface area contributed by atoms with Gasteiger partial charge in [0.25, 0.3) is 0 Å². The molecule has 0 rings (SSSR count). The Morgan fingerprint density at radius 2 is 2.57 bits per heavy atom. The minimum atomic E-state index is 0.498. The van der Waals surface area contributed by atoms with E-state index in [0.717, 1.165) is 0 Å². The molecule has 1 amide bonds. The fraction of sp³-hybridized carbons (Fsp3) is 0.333. The van der Waals surface area contributed by atoms with E-state index in [9.17, 15) is 4.79 Å². The molecule has 0 fully saturated rings. The Hall–Kier alpha value is -0.510. The Bertz CT molecular complexity index is 90.9. The average Bonchev–Trinajstić information content (AvgIpc) is 1.68. The van der Waals surface area contributed by atoms with Gasteiger partial charge in [-0.15, -0.1) is 0 Å². The van der Waals surface area contributed by atoms with Crippen LogP contribution in [0.3, 0.4) is 0 Å². The van der Waals surface area contributed by atoms with E-state index in [-0.39, 0.29) is 0 Å². The maximum Gasteiger partial charge on any atom is 0.212 e. The number of thiol groups is 1. The standard InChI is InChI=1S/C3H6N2OS/c1-3(5-7)4-2-6/h2,7H,1H3,(H,4,5,6). The van der Waals surface area contributed by atoms with Gasteiger partial charge in [-0.2, -0.15) is 0 Å². The molecule has 3 nitrogen and oxygen atoms in total. The Morgan fingerprint density at radius 3 is 2.71 bits per heavy atom. The van der Waals surface area contributed by atoms with Crippen molar-refractivity contribution in [1.29, 1.82) is 0 Å². The molecule has 0 aliphatic carbocycles. The molecule has 0 saturated carbocycles. The van der Waals surface area contributed by atoms with Crippen molar-refractivity contribution in [2.75, 3.05) is 0 Å². The molecule has 40 valence electrons. The highest BCUT2D eigenvalue weighted by atomic mass is 32.1. The Labute approximate surface area is 47.4 Å². The van der Waals surface area contributed by atoms with E-state index in [1.807, 2.05) is 0 Å². The molecular weight excluding hydrogens is 112 g/mol. The number of nitrogens with one attached hydrogen (secondary N) is 1. The molecule has 0 radical (unpaired) electrons. The lowest BCUT2D eigenvalue weighted by molar-refractivity contribution is -0.108. The van der Waals surface area contributed by atoms with Gasteiger partial charge in [0.1, 0.15) is 5.84 Å². The summed E-state index contributed by atoms with van der Waals surface area (Å²) in [6.07, 6.45) is 0.551. The van der Waals surface area contributed by atoms with Crippen molar-refractivity contribution in [3.05, 3.63) is 0 Å². The van der Waals surface area contributed by atoms with E-state index in [0.29, 0.717) is 12.2 Å². The van der Waals surface area contributed by atoms with Gasteiger partial charge < -0.3 is 5.32 Å². The first-order valence-corrected chi connectivity index (χ1v) is 2.10. The Balaban J connectivity index is 3.36. The first-order chi connectivity index (χ1) is 3.31. The van der Waals surface area contributed by atoms with Crippen LogP contribution in [0.1, 0.15) is 6.92 Å². The number of hydrogen-bond acceptors (Lipinski definition) is 3. The van der Waals surface area contributed by atoms with E-state index in [1.165, 1.54) is 0 Å². The zero-order chi connectivity index (χ0) is 5.70. The van der Waals surface area contributed by atoms with Crippen molar-refractivity contribution in [1.82, 2.24) is 5.32 Å². The molecule has 0 bridgehead atoms. The van der Waals surface area contributed by atoms with E-state index >= 15 is 0 Å². The van der Waals surface area contributed by atoms with E-state index in [1.54, 1.807) is 6.92 Å². The molecule has 0 aliphatic rings. The summed E-state index contributed by atoms with van der Waals surface area (Å²) < 4.78 is 3.35. The highest BCUT2D eigenvalue weighted by Crippen LogP contribution is 1.72. The summed E-state index contributed by atoms with van der Waals surface area (Å²) in [7, 11) is 0. The van der Waals surface area contributed by atoms with Crippen molar-refractivity contribution < 1.29 is 4.79 Å². The van der Waals surface area contributed by atoms with Crippen LogP contribution in [0.25, 0.3) is 0 Å². The number of hydrogen-bond donors (Lipinski definition) is 2. The normalized spacial score (nSPS) is 10.9. The van der Waals surface area contributed by atoms with Crippen molar-refractivity contribution in [2.24, 2.45) is 4.40 Å². The van der Waals surface area contributed by atoms with Crippen LogP contribution in [0.2, 0.25) is 0 Å². The third-order valence-electron chi connectivity index (χ3n) is 0.418. The lowest BCUT2D eigenvalue weighted by Gasteiger charge is -1.87. The van der Waals surface area contributed by atoms with Gasteiger partial charge in [-0.05, 0) is 19.7 Å². The Morgan fingerprint density at radius 1 is 2.00 bits per heavy atom. The van der Waals surface area contributed by atoms with Crippen molar-refractivity contribution in [3.8, 4) is 0 Å². The second-order valence-electron chi connectivity index (χ2n) is 0.948. The molecule has 0 unspecified atom stereocenters. The van der Waals surface area contributed by atoms with Crippen LogP contribution in [-0.2, 0) is 4.79 Å². The van der Waals surface area contributed by atoms with E-state index in [2.05, 4.69) is 22.5 Å². The molecule has 0 aromatic rings. The summed E-state index contributed by atoms with van der Waals surface area (Å²) in [4.78, 5) is 9.55. The molecule has 0 spiro atoms. The van der Waals surface area contributed by atoms with Gasteiger partial charge in [0.05, 0.1) is 0 Å². The zero-order valence-corrected chi connectivity index (χ0v) is 4.77. The smallest absolute Gasteiger partial charge is 0.212 e. The number of nitrogens with zero attached hydrogens (tertiary/aromatic N) is 1. The maximum atomic E-state index is 9.55. The van der Waals surface area contributed by atoms with Crippen LogP contribution >= 0.6 is 12.8 Å². The van der Waals surface area contributed by atoms with Gasteiger partial charge in [0.15, 0.2) is 0 Å². The average molecular weight is 118 g/mol. The quantitative estimate of drug-likeness (QED) is 0.216. The van der Waals surface area contributed by atoms with Gasteiger partial charge in [-0.1, -0.05) is 0 Å². The predicted octanol–water partition coefficient (Wildman–Crippen LogP) is -0.00440. The number of carbonyl (C=O) groups is 1. The van der Waals surface area contributed by atoms with Gasteiger partial charge in [0.2, 0.25) is 6.41 Å². The molecule has 0 atom stereocenters.